The molecule has 0 radical (unpaired) electrons. The van der Waals surface area contributed by atoms with Crippen LogP contribution in [0.15, 0.2) is 24.3 Å². The van der Waals surface area contributed by atoms with Crippen LogP contribution in [0.2, 0.25) is 0 Å². The zero-order chi connectivity index (χ0) is 21.3. The highest BCUT2D eigenvalue weighted by Crippen LogP contribution is 2.37. The van der Waals surface area contributed by atoms with Crippen molar-refractivity contribution in [3.05, 3.63) is 35.7 Å². The minimum Gasteiger partial charge on any atom is -0.352 e. The van der Waals surface area contributed by atoms with E-state index in [4.69, 9.17) is 40.5 Å². The number of hydrogen-bond acceptors (Lipinski definition) is 5. The lowest BCUT2D eigenvalue weighted by Gasteiger charge is -2.33. The number of nitrogens with two attached hydrogens (primary N) is 1. The molecule has 0 amide bonds. The Kier molecular flexibility index (Phi) is 6.48. The fourth-order valence-corrected chi connectivity index (χ4v) is 3.49. The highest BCUT2D eigenvalue weighted by molar-refractivity contribution is 6.66. The molecule has 0 unspecified atom stereocenters. The number of rotatable bonds is 4. The van der Waals surface area contributed by atoms with Gasteiger partial charge in [0.1, 0.15) is 0 Å². The van der Waals surface area contributed by atoms with Crippen LogP contribution < -0.4 is 11.1 Å². The molecule has 3 N–H and O–H groups in total. The molecule has 0 saturated heterocycles. The monoisotopic (exact) mass is 467 g/mol. The summed E-state index contributed by atoms with van der Waals surface area (Å²) in [5.74, 6) is -0.143. The molecule has 158 valence electrons. The van der Waals surface area contributed by atoms with Gasteiger partial charge in [0, 0.05) is 17.6 Å². The van der Waals surface area contributed by atoms with Crippen LogP contribution in [-0.2, 0) is 9.97 Å². The molecule has 1 aromatic carbocycles. The molecule has 0 atom stereocenters. The van der Waals surface area contributed by atoms with Gasteiger partial charge in [-0.25, -0.2) is 4.98 Å². The molecule has 0 aliphatic heterocycles. The number of benzene rings is 1. The molecule has 2 aromatic rings. The lowest BCUT2D eigenvalue weighted by molar-refractivity contribution is -0.137. The van der Waals surface area contributed by atoms with Gasteiger partial charge in [0.25, 0.3) is 0 Å². The van der Waals surface area contributed by atoms with E-state index in [1.807, 2.05) is 0 Å². The van der Waals surface area contributed by atoms with Crippen molar-refractivity contribution in [3.63, 3.8) is 0 Å². The van der Waals surface area contributed by atoms with E-state index in [1.165, 1.54) is 12.1 Å². The summed E-state index contributed by atoms with van der Waals surface area (Å²) in [6, 6.07) is 4.61. The van der Waals surface area contributed by atoms with Crippen molar-refractivity contribution < 1.29 is 13.2 Å². The summed E-state index contributed by atoms with van der Waals surface area (Å²) in [6.45, 7) is 0.387. The number of nitrogens with zero attached hydrogens (tertiary/aromatic N) is 3. The zero-order valence-corrected chi connectivity index (χ0v) is 17.5. The van der Waals surface area contributed by atoms with Gasteiger partial charge in [-0.1, -0.05) is 66.2 Å². The fourth-order valence-electron chi connectivity index (χ4n) is 3.23. The lowest BCUT2D eigenvalue weighted by atomic mass is 9.82. The maximum absolute atomic E-state index is 13.1. The second kappa shape index (κ2) is 8.41. The van der Waals surface area contributed by atoms with Crippen molar-refractivity contribution in [1.82, 2.24) is 15.0 Å². The quantitative estimate of drug-likeness (QED) is 0.583. The van der Waals surface area contributed by atoms with Crippen LogP contribution in [0.25, 0.3) is 11.4 Å². The van der Waals surface area contributed by atoms with E-state index < -0.39 is 21.1 Å². The molecular weight excluding hydrogens is 450 g/mol. The predicted molar refractivity (Wildman–Crippen MR) is 108 cm³/mol. The molecule has 11 heteroatoms. The first kappa shape index (κ1) is 22.3. The van der Waals surface area contributed by atoms with Gasteiger partial charge in [0.15, 0.2) is 11.6 Å². The standard InChI is InChI=1S/C18H19Cl3F3N5/c19-17(20,21)14-27-13(11-5-4-6-12(9-11)18(22,23)24)28-15(29-14)26-10-16(25)7-2-1-3-8-16/h4-6,9H,1-3,7-8,10,25H2,(H,26,27,28,29). The average Bonchev–Trinajstić information content (AvgIpc) is 2.66. The van der Waals surface area contributed by atoms with Crippen molar-refractivity contribution in [1.29, 1.82) is 0 Å². The topological polar surface area (TPSA) is 76.7 Å². The molecule has 3 rings (SSSR count). The van der Waals surface area contributed by atoms with E-state index in [9.17, 15) is 13.2 Å². The number of hydrogen-bond donors (Lipinski definition) is 2. The zero-order valence-electron chi connectivity index (χ0n) is 15.2. The summed E-state index contributed by atoms with van der Waals surface area (Å²) < 4.78 is 37.2. The summed E-state index contributed by atoms with van der Waals surface area (Å²) in [5.41, 5.74) is 5.29. The van der Waals surface area contributed by atoms with Crippen molar-refractivity contribution in [2.75, 3.05) is 11.9 Å². The van der Waals surface area contributed by atoms with E-state index in [-0.39, 0.29) is 23.2 Å². The molecule has 5 nitrogen and oxygen atoms in total. The normalized spacial score (nSPS) is 17.2. The van der Waals surface area contributed by atoms with Gasteiger partial charge in [-0.3, -0.25) is 0 Å². The molecular formula is C18H19Cl3F3N5. The Bertz CT molecular complexity index is 865. The Hall–Kier alpha value is -1.35. The second-order valence-electron chi connectivity index (χ2n) is 7.16. The van der Waals surface area contributed by atoms with Crippen LogP contribution in [0.1, 0.15) is 43.5 Å². The van der Waals surface area contributed by atoms with E-state index in [2.05, 4.69) is 20.3 Å². The third-order valence-corrected chi connectivity index (χ3v) is 5.29. The minimum atomic E-state index is -4.50. The second-order valence-corrected chi connectivity index (χ2v) is 9.44. The number of halogens is 6. The Balaban J connectivity index is 1.94. The van der Waals surface area contributed by atoms with Crippen LogP contribution in [-0.4, -0.2) is 27.0 Å². The average molecular weight is 469 g/mol. The predicted octanol–water partition coefficient (Wildman–Crippen LogP) is 5.46. The van der Waals surface area contributed by atoms with Crippen molar-refractivity contribution in [3.8, 4) is 11.4 Å². The van der Waals surface area contributed by atoms with Gasteiger partial charge in [-0.2, -0.15) is 23.1 Å². The third kappa shape index (κ3) is 5.84. The van der Waals surface area contributed by atoms with Gasteiger partial charge in [0.2, 0.25) is 9.74 Å². The van der Waals surface area contributed by atoms with Crippen molar-refractivity contribution in [2.45, 2.75) is 47.6 Å². The van der Waals surface area contributed by atoms with Crippen LogP contribution >= 0.6 is 34.8 Å². The maximum Gasteiger partial charge on any atom is 0.416 e. The lowest BCUT2D eigenvalue weighted by Crippen LogP contribution is -2.47. The highest BCUT2D eigenvalue weighted by atomic mass is 35.6. The van der Waals surface area contributed by atoms with Gasteiger partial charge in [0.05, 0.1) is 5.56 Å². The maximum atomic E-state index is 13.1. The Morgan fingerprint density at radius 3 is 2.34 bits per heavy atom. The third-order valence-electron chi connectivity index (χ3n) is 4.78. The van der Waals surface area contributed by atoms with Gasteiger partial charge in [-0.15, -0.1) is 0 Å². The Morgan fingerprint density at radius 2 is 1.72 bits per heavy atom. The number of nitrogens with one attached hydrogen (secondary N) is 1. The molecule has 0 bridgehead atoms. The van der Waals surface area contributed by atoms with Crippen LogP contribution in [0.3, 0.4) is 0 Å². The number of anilines is 1. The van der Waals surface area contributed by atoms with Crippen LogP contribution in [0.5, 0.6) is 0 Å². The minimum absolute atomic E-state index is 0.0374. The molecule has 1 fully saturated rings. The van der Waals surface area contributed by atoms with Gasteiger partial charge in [-0.05, 0) is 25.0 Å². The molecule has 29 heavy (non-hydrogen) atoms. The summed E-state index contributed by atoms with van der Waals surface area (Å²) in [5, 5.41) is 3.04. The van der Waals surface area contributed by atoms with Crippen LogP contribution in [0, 0.1) is 0 Å². The first-order valence-electron chi connectivity index (χ1n) is 9.00. The summed E-state index contributed by atoms with van der Waals surface area (Å²) in [4.78, 5) is 12.4. The molecule has 0 spiro atoms. The fraction of sp³-hybridized carbons (Fsp3) is 0.500. The van der Waals surface area contributed by atoms with Gasteiger partial charge < -0.3 is 11.1 Å². The largest absolute Gasteiger partial charge is 0.416 e. The molecule has 1 aliphatic rings. The van der Waals surface area contributed by atoms with Crippen LogP contribution in [0.4, 0.5) is 19.1 Å². The number of aromatic nitrogens is 3. The summed E-state index contributed by atoms with van der Waals surface area (Å²) >= 11 is 17.7. The molecule has 1 aromatic heterocycles. The smallest absolute Gasteiger partial charge is 0.352 e. The van der Waals surface area contributed by atoms with Crippen molar-refractivity contribution >= 4 is 40.8 Å². The SMILES string of the molecule is NC1(CNc2nc(-c3cccc(C(F)(F)F)c3)nc(C(Cl)(Cl)Cl)n2)CCCCC1. The first-order chi connectivity index (χ1) is 13.5. The van der Waals surface area contributed by atoms with E-state index >= 15 is 0 Å². The first-order valence-corrected chi connectivity index (χ1v) is 10.1. The molecule has 1 aliphatic carbocycles. The summed E-state index contributed by atoms with van der Waals surface area (Å²) in [6.07, 6.45) is 0.400. The Labute approximate surface area is 181 Å². The summed E-state index contributed by atoms with van der Waals surface area (Å²) in [7, 11) is 0. The Morgan fingerprint density at radius 1 is 1.03 bits per heavy atom. The molecule has 1 saturated carbocycles. The highest BCUT2D eigenvalue weighted by Gasteiger charge is 2.32. The number of alkyl halides is 6. The van der Waals surface area contributed by atoms with Gasteiger partial charge >= 0.3 is 6.18 Å². The van der Waals surface area contributed by atoms with Crippen molar-refractivity contribution in [2.24, 2.45) is 5.73 Å². The molecule has 1 heterocycles. The van der Waals surface area contributed by atoms with E-state index in [1.54, 1.807) is 0 Å². The van der Waals surface area contributed by atoms with E-state index in [0.717, 1.165) is 44.2 Å². The van der Waals surface area contributed by atoms with E-state index in [0.29, 0.717) is 6.54 Å².